The summed E-state index contributed by atoms with van der Waals surface area (Å²) in [6, 6.07) is 0. The van der Waals surface area contributed by atoms with E-state index in [0.29, 0.717) is 12.0 Å². The van der Waals surface area contributed by atoms with Crippen molar-refractivity contribution in [1.82, 2.24) is 0 Å². The van der Waals surface area contributed by atoms with Crippen LogP contribution in [0.5, 0.6) is 0 Å². The van der Waals surface area contributed by atoms with Crippen molar-refractivity contribution in [2.45, 2.75) is 60.0 Å². The van der Waals surface area contributed by atoms with Gasteiger partial charge in [-0.2, -0.15) is 0 Å². The van der Waals surface area contributed by atoms with Gasteiger partial charge in [0.2, 0.25) is 0 Å². The Morgan fingerprint density at radius 3 is 2.32 bits per heavy atom. The van der Waals surface area contributed by atoms with E-state index in [1.165, 1.54) is 17.7 Å². The van der Waals surface area contributed by atoms with Crippen LogP contribution in [0.15, 0.2) is 0 Å². The number of hydrogen-bond acceptors (Lipinski definition) is 2. The van der Waals surface area contributed by atoms with Gasteiger partial charge in [0.05, 0.1) is 13.1 Å². The maximum absolute atomic E-state index is 12.1. The van der Waals surface area contributed by atoms with Gasteiger partial charge in [-0.3, -0.25) is 0 Å². The van der Waals surface area contributed by atoms with Crippen molar-refractivity contribution in [3.05, 3.63) is 0 Å². The summed E-state index contributed by atoms with van der Waals surface area (Å²) in [5, 5.41) is 0. The van der Waals surface area contributed by atoms with Gasteiger partial charge in [0, 0.05) is 5.41 Å². The van der Waals surface area contributed by atoms with E-state index in [9.17, 15) is 4.79 Å². The predicted molar refractivity (Wildman–Crippen MR) is 76.0 cm³/mol. The first-order valence-corrected chi connectivity index (χ1v) is 7.88. The minimum atomic E-state index is -0.00623. The summed E-state index contributed by atoms with van der Waals surface area (Å²) < 4.78 is 5.86. The minimum Gasteiger partial charge on any atom is -0.458 e. The third-order valence-electron chi connectivity index (χ3n) is 6.38. The monoisotopic (exact) mass is 268 g/mol. The summed E-state index contributed by atoms with van der Waals surface area (Å²) >= 11 is 0. The molecule has 0 heterocycles. The molecule has 3 atom stereocenters. The van der Waals surface area contributed by atoms with Crippen LogP contribution in [0, 0.1) is 16.7 Å². The Labute approximate surface area is 117 Å². The molecule has 2 aliphatic rings. The molecule has 2 fully saturated rings. The Morgan fingerprint density at radius 1 is 1.26 bits per heavy atom. The van der Waals surface area contributed by atoms with Gasteiger partial charge >= 0.3 is 5.97 Å². The lowest BCUT2D eigenvalue weighted by Crippen LogP contribution is -3.12. The van der Waals surface area contributed by atoms with Gasteiger partial charge in [0.15, 0.2) is 6.54 Å². The summed E-state index contributed by atoms with van der Waals surface area (Å²) in [5.74, 6) is 0.726. The van der Waals surface area contributed by atoms with Gasteiger partial charge < -0.3 is 9.64 Å². The molecule has 110 valence electrons. The van der Waals surface area contributed by atoms with Crippen LogP contribution >= 0.6 is 0 Å². The molecule has 0 saturated heterocycles. The van der Waals surface area contributed by atoms with Crippen LogP contribution in [-0.4, -0.2) is 31.7 Å². The summed E-state index contributed by atoms with van der Waals surface area (Å²) in [7, 11) is 0. The number of likely N-dealkylation sites (N-methyl/N-ethyl adjacent to an activating group) is 1. The van der Waals surface area contributed by atoms with E-state index in [1.54, 1.807) is 0 Å². The van der Waals surface area contributed by atoms with Crippen molar-refractivity contribution in [2.75, 3.05) is 19.6 Å². The molecule has 3 nitrogen and oxygen atoms in total. The van der Waals surface area contributed by atoms with E-state index >= 15 is 0 Å². The number of ether oxygens (including phenoxy) is 1. The Morgan fingerprint density at radius 2 is 1.89 bits per heavy atom. The fourth-order valence-electron chi connectivity index (χ4n) is 4.21. The van der Waals surface area contributed by atoms with Gasteiger partial charge in [-0.25, -0.2) is 4.79 Å². The lowest BCUT2D eigenvalue weighted by molar-refractivity contribution is -0.888. The fourth-order valence-corrected chi connectivity index (χ4v) is 4.21. The highest BCUT2D eigenvalue weighted by Gasteiger charge is 2.62. The first-order valence-electron chi connectivity index (χ1n) is 7.88. The second-order valence-corrected chi connectivity index (χ2v) is 7.22. The van der Waals surface area contributed by atoms with Crippen molar-refractivity contribution in [2.24, 2.45) is 16.7 Å². The number of carbonyl (C=O) groups excluding carboxylic acids is 1. The number of esters is 1. The predicted octanol–water partition coefficient (Wildman–Crippen LogP) is 1.67. The molecular weight excluding hydrogens is 238 g/mol. The fraction of sp³-hybridized carbons (Fsp3) is 0.938. The molecule has 0 amide bonds. The number of hydrogen-bond donors (Lipinski definition) is 1. The number of quaternary nitrogens is 1. The van der Waals surface area contributed by atoms with Gasteiger partial charge in [-0.15, -0.1) is 0 Å². The van der Waals surface area contributed by atoms with Crippen molar-refractivity contribution in [3.63, 3.8) is 0 Å². The zero-order valence-electron chi connectivity index (χ0n) is 13.2. The summed E-state index contributed by atoms with van der Waals surface area (Å²) in [6.45, 7) is 13.8. The normalized spacial score (nSPS) is 35.9. The standard InChI is InChI=1S/C16H29NO2/c1-6-17(7-2)11-14(18)19-13-10-12-8-9-16(13,5)15(12,3)4/h12-13H,6-11H2,1-5H3/p+1/t12-,13-,16+/m0/s1. The lowest BCUT2D eigenvalue weighted by atomic mass is 9.70. The van der Waals surface area contributed by atoms with Crippen LogP contribution in [0.2, 0.25) is 0 Å². The number of rotatable bonds is 5. The molecule has 0 aromatic heterocycles. The molecule has 1 N–H and O–H groups in total. The third kappa shape index (κ3) is 2.31. The summed E-state index contributed by atoms with van der Waals surface area (Å²) in [4.78, 5) is 13.4. The van der Waals surface area contributed by atoms with Crippen LogP contribution in [-0.2, 0) is 9.53 Å². The van der Waals surface area contributed by atoms with Crippen LogP contribution in [0.25, 0.3) is 0 Å². The first kappa shape index (κ1) is 14.8. The number of fused-ring (bicyclic) bond motifs is 2. The molecule has 0 aromatic carbocycles. The maximum Gasteiger partial charge on any atom is 0.362 e. The average molecular weight is 268 g/mol. The van der Waals surface area contributed by atoms with Crippen LogP contribution in [0.3, 0.4) is 0 Å². The van der Waals surface area contributed by atoms with E-state index < -0.39 is 0 Å². The van der Waals surface area contributed by atoms with Gasteiger partial charge in [-0.1, -0.05) is 20.8 Å². The molecule has 2 rings (SSSR count). The molecular formula is C16H30NO2+. The second kappa shape index (κ2) is 5.08. The zero-order valence-corrected chi connectivity index (χ0v) is 13.2. The lowest BCUT2D eigenvalue weighted by Gasteiger charge is -2.38. The number of nitrogens with one attached hydrogen (secondary N) is 1. The van der Waals surface area contributed by atoms with Crippen LogP contribution < -0.4 is 4.90 Å². The second-order valence-electron chi connectivity index (χ2n) is 7.22. The van der Waals surface area contributed by atoms with E-state index in [-0.39, 0.29) is 17.5 Å². The highest BCUT2D eigenvalue weighted by Crippen LogP contribution is 2.66. The Bertz CT molecular complexity index is 349. The topological polar surface area (TPSA) is 30.7 Å². The molecule has 0 aromatic rings. The van der Waals surface area contributed by atoms with E-state index in [1.807, 2.05) is 0 Å². The largest absolute Gasteiger partial charge is 0.458 e. The van der Waals surface area contributed by atoms with Gasteiger partial charge in [-0.05, 0) is 44.4 Å². The van der Waals surface area contributed by atoms with Crippen molar-refractivity contribution >= 4 is 5.97 Å². The molecule has 0 unspecified atom stereocenters. The Hall–Kier alpha value is -0.570. The molecule has 3 heteroatoms. The van der Waals surface area contributed by atoms with E-state index in [0.717, 1.165) is 25.4 Å². The van der Waals surface area contributed by atoms with E-state index in [2.05, 4.69) is 34.6 Å². The average Bonchev–Trinajstić information content (AvgIpc) is 2.69. The Balaban J connectivity index is 1.96. The molecule has 2 saturated carbocycles. The quantitative estimate of drug-likeness (QED) is 0.769. The Kier molecular flexibility index (Phi) is 3.97. The van der Waals surface area contributed by atoms with Crippen molar-refractivity contribution in [1.29, 1.82) is 0 Å². The van der Waals surface area contributed by atoms with Crippen LogP contribution in [0.4, 0.5) is 0 Å². The smallest absolute Gasteiger partial charge is 0.362 e. The molecule has 2 aliphatic carbocycles. The SMILES string of the molecule is CC[NH+](CC)CC(=O)O[C@H]1C[C@@H]2CC[C@@]1(C)C2(C)C. The number of carbonyl (C=O) groups is 1. The highest BCUT2D eigenvalue weighted by molar-refractivity contribution is 5.70. The summed E-state index contributed by atoms with van der Waals surface area (Å²) in [6.07, 6.45) is 3.73. The molecule has 19 heavy (non-hydrogen) atoms. The van der Waals surface area contributed by atoms with E-state index in [4.69, 9.17) is 4.74 Å². The van der Waals surface area contributed by atoms with Crippen molar-refractivity contribution < 1.29 is 14.4 Å². The molecule has 0 spiro atoms. The van der Waals surface area contributed by atoms with Crippen LogP contribution in [0.1, 0.15) is 53.9 Å². The third-order valence-corrected chi connectivity index (χ3v) is 6.38. The first-order chi connectivity index (χ1) is 8.85. The van der Waals surface area contributed by atoms with Crippen molar-refractivity contribution in [3.8, 4) is 0 Å². The van der Waals surface area contributed by atoms with Gasteiger partial charge in [0.25, 0.3) is 0 Å². The summed E-state index contributed by atoms with van der Waals surface area (Å²) in [5.41, 5.74) is 0.506. The minimum absolute atomic E-state index is 0.00623. The molecule has 2 bridgehead atoms. The zero-order chi connectivity index (χ0) is 14.3. The highest BCUT2D eigenvalue weighted by atomic mass is 16.5. The van der Waals surface area contributed by atoms with Gasteiger partial charge in [0.1, 0.15) is 6.10 Å². The maximum atomic E-state index is 12.1. The molecule has 0 radical (unpaired) electrons. The molecule has 0 aliphatic heterocycles.